The Labute approximate surface area is 210 Å². The van der Waals surface area contributed by atoms with E-state index in [9.17, 15) is 9.18 Å². The van der Waals surface area contributed by atoms with Crippen molar-refractivity contribution in [2.24, 2.45) is 0 Å². The summed E-state index contributed by atoms with van der Waals surface area (Å²) >= 11 is 0. The molecule has 3 aromatic carbocycles. The Morgan fingerprint density at radius 1 is 1.03 bits per heavy atom. The van der Waals surface area contributed by atoms with Crippen molar-refractivity contribution in [1.82, 2.24) is 14.7 Å². The molecule has 0 radical (unpaired) electrons. The summed E-state index contributed by atoms with van der Waals surface area (Å²) in [7, 11) is 1.75. The second-order valence-electron chi connectivity index (χ2n) is 9.26. The van der Waals surface area contributed by atoms with Crippen molar-refractivity contribution in [3.8, 4) is 5.69 Å². The van der Waals surface area contributed by atoms with Crippen LogP contribution in [0.15, 0.2) is 85.1 Å². The Balaban J connectivity index is 1.48. The number of nitrogens with zero attached hydrogens (tertiary/aromatic N) is 3. The highest BCUT2D eigenvalue weighted by atomic mass is 19.1. The topological polar surface area (TPSA) is 59.4 Å². The van der Waals surface area contributed by atoms with Gasteiger partial charge in [0, 0.05) is 19.3 Å². The molecular weight excluding hydrogens is 455 g/mol. The van der Waals surface area contributed by atoms with Crippen LogP contribution in [0.25, 0.3) is 5.69 Å². The summed E-state index contributed by atoms with van der Waals surface area (Å²) in [6.45, 7) is 1.04. The molecule has 184 valence electrons. The fourth-order valence-electron chi connectivity index (χ4n) is 4.57. The molecule has 1 aromatic heterocycles. The van der Waals surface area contributed by atoms with Gasteiger partial charge in [0.05, 0.1) is 29.9 Å². The lowest BCUT2D eigenvalue weighted by Gasteiger charge is -2.42. The minimum absolute atomic E-state index is 0.287. The van der Waals surface area contributed by atoms with E-state index in [4.69, 9.17) is 4.74 Å². The molecule has 1 aliphatic rings. The standard InChI is InChI=1S/C29H29FN4O2/c1-33(21-35)19-22-8-12-25(13-9-22)32-27-18-31-34(26-14-10-24(30)11-15-26)28(27)29(16-5-17-29)36-20-23-6-3-2-4-7-23/h2-4,6-15,18,21,32H,5,16-17,19-20H2,1H3. The highest BCUT2D eigenvalue weighted by molar-refractivity contribution is 5.64. The van der Waals surface area contributed by atoms with Crippen LogP contribution in [-0.2, 0) is 28.3 Å². The zero-order valence-electron chi connectivity index (χ0n) is 20.2. The molecule has 0 unspecified atom stereocenters. The van der Waals surface area contributed by atoms with Gasteiger partial charge < -0.3 is 15.0 Å². The minimum atomic E-state index is -0.504. The van der Waals surface area contributed by atoms with Crippen LogP contribution in [0.3, 0.4) is 0 Å². The molecule has 0 saturated heterocycles. The molecule has 1 N–H and O–H groups in total. The third kappa shape index (κ3) is 5.02. The van der Waals surface area contributed by atoms with Gasteiger partial charge in [-0.1, -0.05) is 42.5 Å². The molecule has 1 saturated carbocycles. The first-order valence-electron chi connectivity index (χ1n) is 12.1. The van der Waals surface area contributed by atoms with E-state index in [0.29, 0.717) is 13.2 Å². The Kier molecular flexibility index (Phi) is 6.82. The number of carbonyl (C=O) groups is 1. The number of amides is 1. The van der Waals surface area contributed by atoms with E-state index in [2.05, 4.69) is 22.5 Å². The molecule has 1 fully saturated rings. The molecule has 7 heteroatoms. The van der Waals surface area contributed by atoms with Gasteiger partial charge in [0.1, 0.15) is 11.4 Å². The summed E-state index contributed by atoms with van der Waals surface area (Å²) in [5.41, 5.74) is 5.12. The van der Waals surface area contributed by atoms with Gasteiger partial charge in [0.15, 0.2) is 0 Å². The van der Waals surface area contributed by atoms with E-state index in [1.54, 1.807) is 30.3 Å². The average Bonchev–Trinajstić information content (AvgIpc) is 3.29. The lowest BCUT2D eigenvalue weighted by atomic mass is 9.76. The number of rotatable bonds is 10. The van der Waals surface area contributed by atoms with Crippen LogP contribution in [0.5, 0.6) is 0 Å². The zero-order chi connectivity index (χ0) is 25.0. The van der Waals surface area contributed by atoms with Crippen LogP contribution in [0.2, 0.25) is 0 Å². The number of aromatic nitrogens is 2. The third-order valence-corrected chi connectivity index (χ3v) is 6.64. The second-order valence-corrected chi connectivity index (χ2v) is 9.26. The van der Waals surface area contributed by atoms with Crippen molar-refractivity contribution in [3.63, 3.8) is 0 Å². The first-order chi connectivity index (χ1) is 17.6. The van der Waals surface area contributed by atoms with Crippen molar-refractivity contribution >= 4 is 17.8 Å². The average molecular weight is 485 g/mol. The number of benzene rings is 3. The van der Waals surface area contributed by atoms with Crippen molar-refractivity contribution < 1.29 is 13.9 Å². The molecule has 0 spiro atoms. The van der Waals surface area contributed by atoms with Crippen LogP contribution in [0.1, 0.15) is 36.1 Å². The maximum absolute atomic E-state index is 13.7. The lowest BCUT2D eigenvalue weighted by Crippen LogP contribution is -2.39. The Hall–Kier alpha value is -3.97. The van der Waals surface area contributed by atoms with Crippen LogP contribution in [0, 0.1) is 5.82 Å². The normalized spacial score (nSPS) is 14.2. The zero-order valence-corrected chi connectivity index (χ0v) is 20.2. The predicted octanol–water partition coefficient (Wildman–Crippen LogP) is 5.94. The molecular formula is C29H29FN4O2. The molecule has 0 aliphatic heterocycles. The predicted molar refractivity (Wildman–Crippen MR) is 138 cm³/mol. The summed E-state index contributed by atoms with van der Waals surface area (Å²) in [6.07, 6.45) is 5.42. The minimum Gasteiger partial charge on any atom is -0.364 e. The highest BCUT2D eigenvalue weighted by Gasteiger charge is 2.45. The molecule has 0 bridgehead atoms. The summed E-state index contributed by atoms with van der Waals surface area (Å²) in [5.74, 6) is -0.287. The van der Waals surface area contributed by atoms with Gasteiger partial charge >= 0.3 is 0 Å². The maximum atomic E-state index is 13.7. The number of carbonyl (C=O) groups excluding carboxylic acids is 1. The van der Waals surface area contributed by atoms with E-state index in [1.165, 1.54) is 12.1 Å². The van der Waals surface area contributed by atoms with Crippen LogP contribution in [-0.4, -0.2) is 28.1 Å². The summed E-state index contributed by atoms with van der Waals surface area (Å²) in [4.78, 5) is 12.5. The number of hydrogen-bond donors (Lipinski definition) is 1. The van der Waals surface area contributed by atoms with Crippen molar-refractivity contribution in [2.45, 2.75) is 38.0 Å². The fraction of sp³-hybridized carbons (Fsp3) is 0.241. The van der Waals surface area contributed by atoms with Gasteiger partial charge in [-0.25, -0.2) is 9.07 Å². The van der Waals surface area contributed by atoms with Gasteiger partial charge in [-0.3, -0.25) is 4.79 Å². The van der Waals surface area contributed by atoms with Crippen LogP contribution >= 0.6 is 0 Å². The Morgan fingerprint density at radius 2 is 1.75 bits per heavy atom. The Bertz CT molecular complexity index is 1300. The van der Waals surface area contributed by atoms with Crippen LogP contribution in [0.4, 0.5) is 15.8 Å². The van der Waals surface area contributed by atoms with Crippen molar-refractivity contribution in [3.05, 3.63) is 108 Å². The maximum Gasteiger partial charge on any atom is 0.209 e. The summed E-state index contributed by atoms with van der Waals surface area (Å²) < 4.78 is 22.1. The first-order valence-corrected chi connectivity index (χ1v) is 12.1. The number of nitrogens with one attached hydrogen (secondary N) is 1. The van der Waals surface area contributed by atoms with Gasteiger partial charge in [-0.15, -0.1) is 0 Å². The smallest absolute Gasteiger partial charge is 0.209 e. The quantitative estimate of drug-likeness (QED) is 0.283. The first kappa shape index (κ1) is 23.8. The number of anilines is 2. The molecule has 36 heavy (non-hydrogen) atoms. The monoisotopic (exact) mass is 484 g/mol. The fourth-order valence-corrected chi connectivity index (χ4v) is 4.57. The Morgan fingerprint density at radius 3 is 2.39 bits per heavy atom. The van der Waals surface area contributed by atoms with E-state index in [-0.39, 0.29) is 5.82 Å². The van der Waals surface area contributed by atoms with E-state index in [0.717, 1.165) is 59.6 Å². The van der Waals surface area contributed by atoms with Gasteiger partial charge in [0.25, 0.3) is 0 Å². The third-order valence-electron chi connectivity index (χ3n) is 6.64. The van der Waals surface area contributed by atoms with Crippen molar-refractivity contribution in [2.75, 3.05) is 12.4 Å². The molecule has 6 nitrogen and oxygen atoms in total. The molecule has 4 aromatic rings. The van der Waals surface area contributed by atoms with Crippen LogP contribution < -0.4 is 5.32 Å². The number of ether oxygens (including phenoxy) is 1. The second kappa shape index (κ2) is 10.3. The lowest BCUT2D eigenvalue weighted by molar-refractivity contribution is -0.120. The van der Waals surface area contributed by atoms with E-state index < -0.39 is 5.60 Å². The molecule has 1 aliphatic carbocycles. The van der Waals surface area contributed by atoms with Gasteiger partial charge in [0.2, 0.25) is 6.41 Å². The van der Waals surface area contributed by atoms with Crippen molar-refractivity contribution in [1.29, 1.82) is 0 Å². The molecule has 1 heterocycles. The molecule has 0 atom stereocenters. The SMILES string of the molecule is CN(C=O)Cc1ccc(Nc2cnn(-c3ccc(F)cc3)c2C2(OCc3ccccc3)CCC2)cc1. The number of hydrogen-bond acceptors (Lipinski definition) is 4. The molecule has 5 rings (SSSR count). The van der Waals surface area contributed by atoms with E-state index in [1.807, 2.05) is 47.1 Å². The van der Waals surface area contributed by atoms with E-state index >= 15 is 0 Å². The number of halogens is 1. The molecule has 1 amide bonds. The summed E-state index contributed by atoms with van der Waals surface area (Å²) in [5, 5.41) is 8.21. The van der Waals surface area contributed by atoms with Gasteiger partial charge in [-0.05, 0) is 66.8 Å². The largest absolute Gasteiger partial charge is 0.364 e. The highest BCUT2D eigenvalue weighted by Crippen LogP contribution is 2.49. The summed E-state index contributed by atoms with van der Waals surface area (Å²) in [6, 6.07) is 24.5. The van der Waals surface area contributed by atoms with Gasteiger partial charge in [-0.2, -0.15) is 5.10 Å².